The maximum absolute atomic E-state index is 3.53. The molecule has 3 nitrogen and oxygen atoms in total. The lowest BCUT2D eigenvalue weighted by molar-refractivity contribution is 0.148. The van der Waals surface area contributed by atoms with Crippen molar-refractivity contribution < 1.29 is 0 Å². The van der Waals surface area contributed by atoms with Crippen molar-refractivity contribution in [2.24, 2.45) is 0 Å². The van der Waals surface area contributed by atoms with Gasteiger partial charge in [0, 0.05) is 45.0 Å². The molecule has 2 aliphatic rings. The Morgan fingerprint density at radius 1 is 1.18 bits per heavy atom. The zero-order valence-corrected chi connectivity index (χ0v) is 10.6. The normalized spacial score (nSPS) is 21.2. The fraction of sp³-hybridized carbons (Fsp3) is 0.571. The maximum atomic E-state index is 3.53. The van der Waals surface area contributed by atoms with E-state index in [-0.39, 0.29) is 0 Å². The van der Waals surface area contributed by atoms with E-state index in [1.807, 2.05) is 0 Å². The van der Waals surface area contributed by atoms with Gasteiger partial charge in [-0.25, -0.2) is 0 Å². The number of nitrogens with one attached hydrogen (secondary N) is 1. The second-order valence-corrected chi connectivity index (χ2v) is 5.21. The minimum atomic E-state index is 1.10. The van der Waals surface area contributed by atoms with Crippen molar-refractivity contribution in [1.29, 1.82) is 0 Å². The monoisotopic (exact) mass is 231 g/mol. The van der Waals surface area contributed by atoms with Crippen LogP contribution in [0.1, 0.15) is 11.1 Å². The van der Waals surface area contributed by atoms with Crippen LogP contribution in [0, 0.1) is 0 Å². The van der Waals surface area contributed by atoms with Crippen LogP contribution in [0.2, 0.25) is 0 Å². The first-order valence-corrected chi connectivity index (χ1v) is 6.58. The highest BCUT2D eigenvalue weighted by molar-refractivity contribution is 5.61. The van der Waals surface area contributed by atoms with Gasteiger partial charge in [-0.2, -0.15) is 0 Å². The molecule has 0 atom stereocenters. The molecule has 1 saturated heterocycles. The molecule has 1 aromatic rings. The number of likely N-dealkylation sites (N-methyl/N-ethyl adjacent to an activating group) is 1. The third-order valence-electron chi connectivity index (χ3n) is 3.92. The molecule has 0 unspecified atom stereocenters. The number of hydrogen-bond donors (Lipinski definition) is 1. The quantitative estimate of drug-likeness (QED) is 0.830. The van der Waals surface area contributed by atoms with Crippen LogP contribution < -0.4 is 5.32 Å². The number of rotatable bonds is 2. The first-order chi connectivity index (χ1) is 8.33. The van der Waals surface area contributed by atoms with Crippen LogP contribution in [-0.2, 0) is 13.0 Å². The van der Waals surface area contributed by atoms with Crippen molar-refractivity contribution in [1.82, 2.24) is 9.80 Å². The lowest BCUT2D eigenvalue weighted by atomic mass is 10.1. The third kappa shape index (κ3) is 2.31. The molecule has 1 fully saturated rings. The summed E-state index contributed by atoms with van der Waals surface area (Å²) in [6.45, 7) is 6.99. The van der Waals surface area contributed by atoms with Gasteiger partial charge in [0.05, 0.1) is 0 Å². The Bertz CT molecular complexity index is 394. The first-order valence-electron chi connectivity index (χ1n) is 6.58. The highest BCUT2D eigenvalue weighted by Gasteiger charge is 2.18. The van der Waals surface area contributed by atoms with E-state index < -0.39 is 0 Å². The van der Waals surface area contributed by atoms with E-state index in [0.717, 1.165) is 13.1 Å². The van der Waals surface area contributed by atoms with Crippen molar-refractivity contribution >= 4 is 5.69 Å². The Balaban J connectivity index is 1.71. The summed E-state index contributed by atoms with van der Waals surface area (Å²) in [6, 6.07) is 6.73. The van der Waals surface area contributed by atoms with Gasteiger partial charge < -0.3 is 10.2 Å². The summed E-state index contributed by atoms with van der Waals surface area (Å²) in [5, 5.41) is 3.53. The fourth-order valence-electron chi connectivity index (χ4n) is 2.79. The Kier molecular flexibility index (Phi) is 3.04. The predicted molar refractivity (Wildman–Crippen MR) is 71.4 cm³/mol. The third-order valence-corrected chi connectivity index (χ3v) is 3.92. The van der Waals surface area contributed by atoms with Crippen molar-refractivity contribution in [2.75, 3.05) is 45.1 Å². The van der Waals surface area contributed by atoms with Gasteiger partial charge in [0.2, 0.25) is 0 Å². The van der Waals surface area contributed by atoms with Gasteiger partial charge in [-0.05, 0) is 24.6 Å². The molecule has 17 heavy (non-hydrogen) atoms. The SMILES string of the molecule is CN1CCN(Cc2cccc3c2NCC3)CC1. The standard InChI is InChI=1S/C14H21N3/c1-16-7-9-17(10-8-16)11-13-4-2-3-12-5-6-15-14(12)13/h2-4,15H,5-11H2,1H3. The summed E-state index contributed by atoms with van der Waals surface area (Å²) in [5.41, 5.74) is 4.38. The number of hydrogen-bond acceptors (Lipinski definition) is 3. The van der Waals surface area contributed by atoms with Crippen LogP contribution in [-0.4, -0.2) is 49.6 Å². The predicted octanol–water partition coefficient (Wildman–Crippen LogP) is 1.40. The van der Waals surface area contributed by atoms with Crippen LogP contribution in [0.4, 0.5) is 5.69 Å². The highest BCUT2D eigenvalue weighted by atomic mass is 15.2. The van der Waals surface area contributed by atoms with E-state index in [4.69, 9.17) is 0 Å². The Labute approximate surface area is 103 Å². The molecular weight excluding hydrogens is 210 g/mol. The maximum Gasteiger partial charge on any atom is 0.0419 e. The van der Waals surface area contributed by atoms with E-state index in [0.29, 0.717) is 0 Å². The van der Waals surface area contributed by atoms with E-state index >= 15 is 0 Å². The molecule has 92 valence electrons. The first kappa shape index (κ1) is 11.1. The number of nitrogens with zero attached hydrogens (tertiary/aromatic N) is 2. The summed E-state index contributed by atoms with van der Waals surface area (Å²) in [7, 11) is 2.21. The molecule has 2 heterocycles. The molecule has 0 amide bonds. The highest BCUT2D eigenvalue weighted by Crippen LogP contribution is 2.27. The number of fused-ring (bicyclic) bond motifs is 1. The van der Waals surface area contributed by atoms with E-state index in [2.05, 4.69) is 40.4 Å². The zero-order chi connectivity index (χ0) is 11.7. The number of piperazine rings is 1. The van der Waals surface area contributed by atoms with Crippen LogP contribution >= 0.6 is 0 Å². The van der Waals surface area contributed by atoms with E-state index in [1.54, 1.807) is 0 Å². The van der Waals surface area contributed by atoms with Crippen LogP contribution in [0.25, 0.3) is 0 Å². The summed E-state index contributed by atoms with van der Waals surface area (Å²) < 4.78 is 0. The van der Waals surface area contributed by atoms with E-state index in [1.165, 1.54) is 49.4 Å². The Hall–Kier alpha value is -1.06. The fourth-order valence-corrected chi connectivity index (χ4v) is 2.79. The van der Waals surface area contributed by atoms with E-state index in [9.17, 15) is 0 Å². The molecule has 0 bridgehead atoms. The van der Waals surface area contributed by atoms with Crippen LogP contribution in [0.5, 0.6) is 0 Å². The van der Waals surface area contributed by atoms with Crippen LogP contribution in [0.15, 0.2) is 18.2 Å². The Morgan fingerprint density at radius 3 is 2.82 bits per heavy atom. The summed E-state index contributed by atoms with van der Waals surface area (Å²) in [4.78, 5) is 4.97. The molecule has 1 N–H and O–H groups in total. The minimum Gasteiger partial charge on any atom is -0.384 e. The molecule has 3 heteroatoms. The Morgan fingerprint density at radius 2 is 2.00 bits per heavy atom. The summed E-state index contributed by atoms with van der Waals surface area (Å²) in [5.74, 6) is 0. The minimum absolute atomic E-state index is 1.10. The van der Waals surface area contributed by atoms with Gasteiger partial charge in [0.15, 0.2) is 0 Å². The van der Waals surface area contributed by atoms with Gasteiger partial charge in [-0.1, -0.05) is 18.2 Å². The molecule has 0 spiro atoms. The van der Waals surface area contributed by atoms with Crippen molar-refractivity contribution in [3.05, 3.63) is 29.3 Å². The topological polar surface area (TPSA) is 18.5 Å². The van der Waals surface area contributed by atoms with Gasteiger partial charge >= 0.3 is 0 Å². The van der Waals surface area contributed by atoms with Crippen molar-refractivity contribution in [2.45, 2.75) is 13.0 Å². The average molecular weight is 231 g/mol. The molecule has 2 aliphatic heterocycles. The van der Waals surface area contributed by atoms with Gasteiger partial charge in [0.1, 0.15) is 0 Å². The second-order valence-electron chi connectivity index (χ2n) is 5.21. The molecule has 3 rings (SSSR count). The summed E-state index contributed by atoms with van der Waals surface area (Å²) >= 11 is 0. The molecule has 0 radical (unpaired) electrons. The number of benzene rings is 1. The van der Waals surface area contributed by atoms with Gasteiger partial charge in [-0.3, -0.25) is 4.90 Å². The molecule has 0 saturated carbocycles. The number of para-hydroxylation sites is 1. The summed E-state index contributed by atoms with van der Waals surface area (Å²) in [6.07, 6.45) is 1.19. The molecule has 0 aromatic heterocycles. The lowest BCUT2D eigenvalue weighted by Crippen LogP contribution is -2.43. The van der Waals surface area contributed by atoms with Crippen molar-refractivity contribution in [3.8, 4) is 0 Å². The molecule has 1 aromatic carbocycles. The van der Waals surface area contributed by atoms with Gasteiger partial charge in [0.25, 0.3) is 0 Å². The zero-order valence-electron chi connectivity index (χ0n) is 10.6. The lowest BCUT2D eigenvalue weighted by Gasteiger charge is -2.32. The average Bonchev–Trinajstić information content (AvgIpc) is 2.81. The smallest absolute Gasteiger partial charge is 0.0419 e. The van der Waals surface area contributed by atoms with Crippen molar-refractivity contribution in [3.63, 3.8) is 0 Å². The molecular formula is C14H21N3. The second kappa shape index (κ2) is 4.67. The number of anilines is 1. The van der Waals surface area contributed by atoms with Gasteiger partial charge in [-0.15, -0.1) is 0 Å². The molecule has 0 aliphatic carbocycles. The van der Waals surface area contributed by atoms with Crippen LogP contribution in [0.3, 0.4) is 0 Å². The largest absolute Gasteiger partial charge is 0.384 e.